The molecule has 0 radical (unpaired) electrons. The molecule has 0 bridgehead atoms. The van der Waals surface area contributed by atoms with Crippen LogP contribution < -0.4 is 0 Å². The van der Waals surface area contributed by atoms with Gasteiger partial charge < -0.3 is 13.9 Å². The number of ether oxygens (including phenoxy) is 2. The molecule has 0 aromatic rings. The Bertz CT molecular complexity index is 436. The molecule has 21 heavy (non-hydrogen) atoms. The lowest BCUT2D eigenvalue weighted by molar-refractivity contribution is -0.137. The topological polar surface area (TPSA) is 48.1 Å². The summed E-state index contributed by atoms with van der Waals surface area (Å²) in [5.74, 6) is -0.269. The fraction of sp³-hybridized carbons (Fsp3) is 0.812. The third-order valence-electron chi connectivity index (χ3n) is 4.76. The highest BCUT2D eigenvalue weighted by Gasteiger charge is 2.50. The SMILES string of the molecule is CCOC(=O)/C=C1/C[C@@H](O[Si](C)(C)C(C)(C)C)C[C@@H]2O[C@H]12. The first-order valence-electron chi connectivity index (χ1n) is 7.84. The fourth-order valence-electron chi connectivity index (χ4n) is 2.53. The van der Waals surface area contributed by atoms with Crippen LogP contribution in [0.25, 0.3) is 0 Å². The maximum absolute atomic E-state index is 11.6. The van der Waals surface area contributed by atoms with Crippen molar-refractivity contribution in [2.24, 2.45) is 0 Å². The number of epoxide rings is 1. The number of fused-ring (bicyclic) bond motifs is 1. The van der Waals surface area contributed by atoms with Gasteiger partial charge in [-0.1, -0.05) is 20.8 Å². The van der Waals surface area contributed by atoms with Gasteiger partial charge in [0.1, 0.15) is 6.10 Å². The van der Waals surface area contributed by atoms with E-state index in [1.807, 2.05) is 6.92 Å². The summed E-state index contributed by atoms with van der Waals surface area (Å²) in [4.78, 5) is 11.6. The monoisotopic (exact) mass is 312 g/mol. The van der Waals surface area contributed by atoms with Crippen molar-refractivity contribution < 1.29 is 18.7 Å². The second kappa shape index (κ2) is 5.86. The lowest BCUT2D eigenvalue weighted by Gasteiger charge is -2.40. The van der Waals surface area contributed by atoms with Gasteiger partial charge in [0.2, 0.25) is 0 Å². The Morgan fingerprint density at radius 3 is 2.67 bits per heavy atom. The van der Waals surface area contributed by atoms with Crippen molar-refractivity contribution in [2.45, 2.75) is 77.0 Å². The first kappa shape index (κ1) is 16.7. The predicted molar refractivity (Wildman–Crippen MR) is 84.7 cm³/mol. The molecule has 2 fully saturated rings. The molecule has 3 atom stereocenters. The quantitative estimate of drug-likeness (QED) is 0.345. The van der Waals surface area contributed by atoms with Crippen molar-refractivity contribution in [2.75, 3.05) is 6.61 Å². The van der Waals surface area contributed by atoms with Gasteiger partial charge in [-0.25, -0.2) is 4.79 Å². The molecule has 1 aliphatic heterocycles. The van der Waals surface area contributed by atoms with Crippen LogP contribution in [0.4, 0.5) is 0 Å². The molecule has 4 nitrogen and oxygen atoms in total. The van der Waals surface area contributed by atoms with Crippen molar-refractivity contribution in [1.82, 2.24) is 0 Å². The zero-order valence-electron chi connectivity index (χ0n) is 14.1. The molecule has 0 aromatic carbocycles. The summed E-state index contributed by atoms with van der Waals surface area (Å²) in [5.41, 5.74) is 1.04. The number of carbonyl (C=O) groups is 1. The molecular weight excluding hydrogens is 284 g/mol. The van der Waals surface area contributed by atoms with Gasteiger partial charge in [-0.15, -0.1) is 0 Å². The average Bonchev–Trinajstić information content (AvgIpc) is 3.06. The van der Waals surface area contributed by atoms with E-state index in [1.165, 1.54) is 0 Å². The van der Waals surface area contributed by atoms with E-state index in [4.69, 9.17) is 13.9 Å². The van der Waals surface area contributed by atoms with Crippen LogP contribution in [0.2, 0.25) is 18.1 Å². The molecular formula is C16H28O4Si. The highest BCUT2D eigenvalue weighted by molar-refractivity contribution is 6.74. The van der Waals surface area contributed by atoms with Gasteiger partial charge in [0.05, 0.1) is 18.8 Å². The van der Waals surface area contributed by atoms with E-state index in [0.29, 0.717) is 6.61 Å². The van der Waals surface area contributed by atoms with Gasteiger partial charge >= 0.3 is 5.97 Å². The maximum Gasteiger partial charge on any atom is 0.330 e. The Morgan fingerprint density at radius 2 is 2.10 bits per heavy atom. The molecule has 1 aliphatic carbocycles. The second-order valence-electron chi connectivity index (χ2n) is 7.51. The van der Waals surface area contributed by atoms with Crippen molar-refractivity contribution >= 4 is 14.3 Å². The zero-order chi connectivity index (χ0) is 15.8. The summed E-state index contributed by atoms with van der Waals surface area (Å²) < 4.78 is 17.1. The Morgan fingerprint density at radius 1 is 1.43 bits per heavy atom. The summed E-state index contributed by atoms with van der Waals surface area (Å²) in [7, 11) is -1.79. The van der Waals surface area contributed by atoms with Crippen LogP contribution in [-0.2, 0) is 18.7 Å². The summed E-state index contributed by atoms with van der Waals surface area (Å²) in [6, 6.07) is 0. The predicted octanol–water partition coefficient (Wildman–Crippen LogP) is 3.43. The summed E-state index contributed by atoms with van der Waals surface area (Å²) in [6.07, 6.45) is 3.84. The van der Waals surface area contributed by atoms with Gasteiger partial charge in [-0.3, -0.25) is 0 Å². The van der Waals surface area contributed by atoms with E-state index in [-0.39, 0.29) is 29.3 Å². The Hall–Kier alpha value is -0.653. The maximum atomic E-state index is 11.6. The highest BCUT2D eigenvalue weighted by atomic mass is 28.4. The molecule has 0 aromatic heterocycles. The van der Waals surface area contributed by atoms with Crippen molar-refractivity contribution in [3.63, 3.8) is 0 Å². The lowest BCUT2D eigenvalue weighted by Crippen LogP contribution is -2.45. The molecule has 1 heterocycles. The van der Waals surface area contributed by atoms with E-state index >= 15 is 0 Å². The van der Waals surface area contributed by atoms with Gasteiger partial charge in [0.15, 0.2) is 8.32 Å². The van der Waals surface area contributed by atoms with E-state index in [9.17, 15) is 4.79 Å². The average molecular weight is 312 g/mol. The molecule has 1 saturated carbocycles. The Labute approximate surface area is 129 Å². The molecule has 0 amide bonds. The minimum Gasteiger partial charge on any atom is -0.463 e. The Kier molecular flexibility index (Phi) is 4.66. The van der Waals surface area contributed by atoms with Crippen LogP contribution >= 0.6 is 0 Å². The molecule has 0 unspecified atom stereocenters. The number of rotatable bonds is 4. The molecule has 0 spiro atoms. The minimum atomic E-state index is -1.79. The molecule has 0 N–H and O–H groups in total. The van der Waals surface area contributed by atoms with E-state index in [0.717, 1.165) is 18.4 Å². The largest absolute Gasteiger partial charge is 0.463 e. The fourth-order valence-corrected chi connectivity index (χ4v) is 3.90. The smallest absolute Gasteiger partial charge is 0.330 e. The number of hydrogen-bond donors (Lipinski definition) is 0. The standard InChI is InChI=1S/C16H28O4Si/c1-7-18-14(17)9-11-8-12(10-13-15(11)19-13)20-21(5,6)16(2,3)4/h9,12-13,15H,7-8,10H2,1-6H3/b11-9-/t12-,13+,15-/m1/s1. The van der Waals surface area contributed by atoms with Gasteiger partial charge in [0.25, 0.3) is 0 Å². The first-order chi connectivity index (χ1) is 9.64. The summed E-state index contributed by atoms with van der Waals surface area (Å²) in [5, 5.41) is 0.194. The highest BCUT2D eigenvalue weighted by Crippen LogP contribution is 2.45. The van der Waals surface area contributed by atoms with Crippen LogP contribution in [0.1, 0.15) is 40.5 Å². The third kappa shape index (κ3) is 3.96. The van der Waals surface area contributed by atoms with Gasteiger partial charge in [-0.2, -0.15) is 0 Å². The first-order valence-corrected chi connectivity index (χ1v) is 10.8. The van der Waals surface area contributed by atoms with Crippen molar-refractivity contribution in [1.29, 1.82) is 0 Å². The lowest BCUT2D eigenvalue weighted by atomic mass is 9.92. The molecule has 2 rings (SSSR count). The molecule has 2 aliphatic rings. The third-order valence-corrected chi connectivity index (χ3v) is 9.30. The van der Waals surface area contributed by atoms with Crippen molar-refractivity contribution in [3.8, 4) is 0 Å². The van der Waals surface area contributed by atoms with Gasteiger partial charge in [-0.05, 0) is 37.0 Å². The number of carbonyl (C=O) groups excluding carboxylic acids is 1. The van der Waals surface area contributed by atoms with Crippen LogP contribution in [0.3, 0.4) is 0 Å². The molecule has 120 valence electrons. The number of hydrogen-bond acceptors (Lipinski definition) is 4. The van der Waals surface area contributed by atoms with E-state index < -0.39 is 8.32 Å². The van der Waals surface area contributed by atoms with E-state index in [1.54, 1.807) is 6.08 Å². The van der Waals surface area contributed by atoms with Crippen LogP contribution in [0.5, 0.6) is 0 Å². The Balaban J connectivity index is 2.02. The molecule has 1 saturated heterocycles. The second-order valence-corrected chi connectivity index (χ2v) is 12.3. The molecule has 5 heteroatoms. The van der Waals surface area contributed by atoms with Crippen LogP contribution in [0, 0.1) is 0 Å². The zero-order valence-corrected chi connectivity index (χ0v) is 15.1. The minimum absolute atomic E-state index is 0.119. The normalized spacial score (nSPS) is 31.0. The number of esters is 1. The van der Waals surface area contributed by atoms with Crippen LogP contribution in [-0.4, -0.2) is 39.2 Å². The summed E-state index contributed by atoms with van der Waals surface area (Å²) >= 11 is 0. The van der Waals surface area contributed by atoms with Crippen molar-refractivity contribution in [3.05, 3.63) is 11.6 Å². The van der Waals surface area contributed by atoms with E-state index in [2.05, 4.69) is 33.9 Å². The van der Waals surface area contributed by atoms with Gasteiger partial charge in [0, 0.05) is 12.5 Å². The summed E-state index contributed by atoms with van der Waals surface area (Å²) in [6.45, 7) is 13.5. The van der Waals surface area contributed by atoms with Crippen LogP contribution in [0.15, 0.2) is 11.6 Å².